The van der Waals surface area contributed by atoms with E-state index in [0.717, 1.165) is 29.3 Å². The van der Waals surface area contributed by atoms with Crippen molar-refractivity contribution in [3.05, 3.63) is 58.7 Å². The van der Waals surface area contributed by atoms with Crippen LogP contribution in [0.4, 0.5) is 13.2 Å². The number of nitrogens with zero attached hydrogens (tertiary/aromatic N) is 1. The predicted octanol–water partition coefficient (Wildman–Crippen LogP) is 4.95. The molecule has 0 amide bonds. The highest BCUT2D eigenvalue weighted by Gasteiger charge is 2.31. The fourth-order valence-electron chi connectivity index (χ4n) is 2.49. The van der Waals surface area contributed by atoms with E-state index in [4.69, 9.17) is 15.1 Å². The van der Waals surface area contributed by atoms with E-state index in [9.17, 15) is 18.0 Å². The van der Waals surface area contributed by atoms with Gasteiger partial charge in [-0.05, 0) is 54.3 Å². The van der Waals surface area contributed by atoms with Crippen molar-refractivity contribution in [3.8, 4) is 17.6 Å². The van der Waals surface area contributed by atoms with Crippen molar-refractivity contribution in [2.45, 2.75) is 32.4 Å². The van der Waals surface area contributed by atoms with E-state index in [1.54, 1.807) is 24.3 Å². The molecule has 0 aromatic heterocycles. The number of ether oxygens (including phenoxy) is 1. The number of alkyl halides is 3. The maximum atomic E-state index is 12.7. The van der Waals surface area contributed by atoms with Crippen molar-refractivity contribution in [2.75, 3.05) is 0 Å². The van der Waals surface area contributed by atoms with Crippen LogP contribution in [0.1, 0.15) is 35.6 Å². The zero-order valence-electron chi connectivity index (χ0n) is 13.9. The quantitative estimate of drug-likeness (QED) is 0.788. The third-order valence-corrected chi connectivity index (χ3v) is 3.82. The van der Waals surface area contributed by atoms with Gasteiger partial charge in [0.25, 0.3) is 0 Å². The molecule has 7 heteroatoms. The molecule has 0 atom stereocenters. The summed E-state index contributed by atoms with van der Waals surface area (Å²) in [5, 5.41) is 17.9. The van der Waals surface area contributed by atoms with Gasteiger partial charge in [-0.25, -0.2) is 0 Å². The van der Waals surface area contributed by atoms with Crippen LogP contribution in [0.15, 0.2) is 36.4 Å². The van der Waals surface area contributed by atoms with Gasteiger partial charge in [0, 0.05) is 6.42 Å². The Bertz CT molecular complexity index is 854. The molecule has 0 spiro atoms. The average molecular weight is 363 g/mol. The number of rotatable bonds is 6. The second-order valence-corrected chi connectivity index (χ2v) is 5.60. The van der Waals surface area contributed by atoms with Crippen molar-refractivity contribution >= 4 is 5.97 Å². The number of benzene rings is 2. The fraction of sp³-hybridized carbons (Fsp3) is 0.263. The van der Waals surface area contributed by atoms with Crippen LogP contribution < -0.4 is 4.74 Å². The maximum Gasteiger partial charge on any atom is 0.416 e. The molecule has 0 saturated heterocycles. The van der Waals surface area contributed by atoms with Crippen LogP contribution in [-0.4, -0.2) is 11.1 Å². The van der Waals surface area contributed by atoms with Gasteiger partial charge in [-0.15, -0.1) is 0 Å². The Hall–Kier alpha value is -3.01. The molecule has 0 saturated carbocycles. The lowest BCUT2D eigenvalue weighted by Crippen LogP contribution is -2.05. The molecule has 0 aliphatic heterocycles. The van der Waals surface area contributed by atoms with Gasteiger partial charge < -0.3 is 9.84 Å². The fourth-order valence-corrected chi connectivity index (χ4v) is 2.49. The van der Waals surface area contributed by atoms with Crippen LogP contribution in [0.2, 0.25) is 0 Å². The summed E-state index contributed by atoms with van der Waals surface area (Å²) < 4.78 is 43.8. The third-order valence-electron chi connectivity index (χ3n) is 3.82. The number of nitriles is 1. The predicted molar refractivity (Wildman–Crippen MR) is 88.0 cm³/mol. The molecule has 0 aliphatic carbocycles. The Kier molecular flexibility index (Phi) is 5.88. The Morgan fingerprint density at radius 2 is 1.92 bits per heavy atom. The highest BCUT2D eigenvalue weighted by atomic mass is 19.4. The molecule has 2 aromatic rings. The summed E-state index contributed by atoms with van der Waals surface area (Å²) in [5.41, 5.74) is 0.622. The highest BCUT2D eigenvalue weighted by molar-refractivity contribution is 5.67. The summed E-state index contributed by atoms with van der Waals surface area (Å²) in [6, 6.07) is 9.47. The molecule has 2 rings (SSSR count). The maximum absolute atomic E-state index is 12.7. The first kappa shape index (κ1) is 19.3. The van der Waals surface area contributed by atoms with Gasteiger partial charge in [0.15, 0.2) is 0 Å². The first-order chi connectivity index (χ1) is 12.2. The number of carboxylic acids is 1. The molecule has 4 nitrogen and oxygen atoms in total. The standard InChI is InChI=1S/C19H16F3NO3/c1-2-12-10-16(6-3-13(12)4-8-18(24)25)26-17-7-5-15(19(20,21)22)9-14(17)11-23/h3,5-7,9-10H,2,4,8H2,1H3,(H,24,25). The Labute approximate surface area is 148 Å². The molecule has 0 heterocycles. The summed E-state index contributed by atoms with van der Waals surface area (Å²) in [7, 11) is 0. The molecule has 0 aliphatic rings. The number of hydrogen-bond donors (Lipinski definition) is 1. The van der Waals surface area contributed by atoms with Gasteiger partial charge in [0.05, 0.1) is 11.1 Å². The van der Waals surface area contributed by atoms with Crippen molar-refractivity contribution in [1.82, 2.24) is 0 Å². The van der Waals surface area contributed by atoms with E-state index >= 15 is 0 Å². The minimum atomic E-state index is -4.54. The van der Waals surface area contributed by atoms with Gasteiger partial charge in [-0.2, -0.15) is 18.4 Å². The molecule has 1 N–H and O–H groups in total. The number of carboxylic acid groups (broad SMARTS) is 1. The largest absolute Gasteiger partial charge is 0.481 e. The minimum absolute atomic E-state index is 0.00465. The number of hydrogen-bond acceptors (Lipinski definition) is 3. The summed E-state index contributed by atoms with van der Waals surface area (Å²) in [4.78, 5) is 10.7. The van der Waals surface area contributed by atoms with E-state index in [-0.39, 0.29) is 17.7 Å². The smallest absolute Gasteiger partial charge is 0.416 e. The Morgan fingerprint density at radius 1 is 1.19 bits per heavy atom. The second kappa shape index (κ2) is 7.91. The lowest BCUT2D eigenvalue weighted by molar-refractivity contribution is -0.138. The van der Waals surface area contributed by atoms with Crippen LogP contribution >= 0.6 is 0 Å². The highest BCUT2D eigenvalue weighted by Crippen LogP contribution is 2.34. The normalized spacial score (nSPS) is 11.0. The summed E-state index contributed by atoms with van der Waals surface area (Å²) >= 11 is 0. The third kappa shape index (κ3) is 4.76. The Morgan fingerprint density at radius 3 is 2.50 bits per heavy atom. The monoisotopic (exact) mass is 363 g/mol. The Balaban J connectivity index is 2.28. The van der Waals surface area contributed by atoms with Gasteiger partial charge in [-0.1, -0.05) is 13.0 Å². The molecule has 0 unspecified atom stereocenters. The molecule has 0 bridgehead atoms. The number of halogens is 3. The topological polar surface area (TPSA) is 70.3 Å². The molecule has 0 fully saturated rings. The van der Waals surface area contributed by atoms with Crippen LogP contribution in [0, 0.1) is 11.3 Å². The summed E-state index contributed by atoms with van der Waals surface area (Å²) in [6.07, 6.45) is -3.51. The van der Waals surface area contributed by atoms with Crippen LogP contribution in [0.25, 0.3) is 0 Å². The zero-order chi connectivity index (χ0) is 19.3. The molecular formula is C19H16F3NO3. The number of aryl methyl sites for hydroxylation is 2. The molecular weight excluding hydrogens is 347 g/mol. The molecule has 26 heavy (non-hydrogen) atoms. The summed E-state index contributed by atoms with van der Waals surface area (Å²) in [5.74, 6) is -0.492. The van der Waals surface area contributed by atoms with E-state index in [2.05, 4.69) is 0 Å². The first-order valence-corrected chi connectivity index (χ1v) is 7.87. The van der Waals surface area contributed by atoms with Crippen LogP contribution in [-0.2, 0) is 23.8 Å². The molecule has 136 valence electrons. The molecule has 0 radical (unpaired) electrons. The van der Waals surface area contributed by atoms with Crippen LogP contribution in [0.3, 0.4) is 0 Å². The SMILES string of the molecule is CCc1cc(Oc2ccc(C(F)(F)F)cc2C#N)ccc1CCC(=O)O. The number of aliphatic carboxylic acids is 1. The van der Waals surface area contributed by atoms with Crippen molar-refractivity contribution in [3.63, 3.8) is 0 Å². The van der Waals surface area contributed by atoms with Crippen molar-refractivity contribution in [2.24, 2.45) is 0 Å². The van der Waals surface area contributed by atoms with Crippen molar-refractivity contribution < 1.29 is 27.8 Å². The van der Waals surface area contributed by atoms with Crippen molar-refractivity contribution in [1.29, 1.82) is 5.26 Å². The number of carbonyl (C=O) groups is 1. The average Bonchev–Trinajstić information content (AvgIpc) is 2.59. The lowest BCUT2D eigenvalue weighted by atomic mass is 10.0. The van der Waals surface area contributed by atoms with Gasteiger partial charge in [0.1, 0.15) is 17.6 Å². The first-order valence-electron chi connectivity index (χ1n) is 7.87. The van der Waals surface area contributed by atoms with E-state index in [1.165, 1.54) is 0 Å². The van der Waals surface area contributed by atoms with Gasteiger partial charge in [0.2, 0.25) is 0 Å². The van der Waals surface area contributed by atoms with E-state index in [1.807, 2.05) is 6.92 Å². The zero-order valence-corrected chi connectivity index (χ0v) is 13.9. The minimum Gasteiger partial charge on any atom is -0.481 e. The second-order valence-electron chi connectivity index (χ2n) is 5.60. The van der Waals surface area contributed by atoms with E-state index < -0.39 is 17.7 Å². The van der Waals surface area contributed by atoms with Crippen LogP contribution in [0.5, 0.6) is 11.5 Å². The van der Waals surface area contributed by atoms with Gasteiger partial charge >= 0.3 is 12.1 Å². The van der Waals surface area contributed by atoms with E-state index in [0.29, 0.717) is 18.6 Å². The summed E-state index contributed by atoms with van der Waals surface area (Å²) in [6.45, 7) is 1.90. The molecule has 2 aromatic carbocycles. The van der Waals surface area contributed by atoms with Gasteiger partial charge in [-0.3, -0.25) is 4.79 Å². The lowest BCUT2D eigenvalue weighted by Gasteiger charge is -2.13.